The lowest BCUT2D eigenvalue weighted by molar-refractivity contribution is -0.0393. The summed E-state index contributed by atoms with van der Waals surface area (Å²) in [6, 6.07) is 81.8. The average Bonchev–Trinajstić information content (AvgIpc) is 3.38. The van der Waals surface area contributed by atoms with Crippen molar-refractivity contribution in [3.05, 3.63) is 265 Å². The highest BCUT2D eigenvalue weighted by Gasteiger charge is 2.42. The minimum atomic E-state index is -1.15. The van der Waals surface area contributed by atoms with E-state index in [2.05, 4.69) is 84.9 Å². The fourth-order valence-electron chi connectivity index (χ4n) is 9.39. The number of carbonyl (C=O) groups excluding carboxylic acids is 2. The molecule has 0 aliphatic heterocycles. The molecule has 6 heteroatoms. The molecule has 0 heterocycles. The Morgan fingerprint density at radius 2 is 0.621 bits per heavy atom. The molecule has 66 heavy (non-hydrogen) atoms. The second-order valence-electron chi connectivity index (χ2n) is 16.2. The van der Waals surface area contributed by atoms with E-state index < -0.39 is 40.0 Å². The standard InChI is InChI=1S/C60H42O4P2/c61-59(49-33-17-19-35-53(49)65(43-23-5-1-6-24-43)44-25-7-2-8-26-44)63-57-51-39-37-41-21-13-15-31-47(41)55(51)56-48-32-16-14-22-42(48)38-40-52(56)58(57)64-60(62)50-34-18-20-36-54(50)66(45-27-9-3-10-28-45)46-29-11-4-12-30-46/h1-40,57-58H/t57-,58-/m0/s1. The second-order valence-corrected chi connectivity index (χ2v) is 20.6. The highest BCUT2D eigenvalue weighted by atomic mass is 31.1. The smallest absolute Gasteiger partial charge is 0.339 e. The molecule has 0 saturated carbocycles. The molecule has 0 aromatic heterocycles. The first-order valence-electron chi connectivity index (χ1n) is 22.1. The molecule has 0 amide bonds. The van der Waals surface area contributed by atoms with Gasteiger partial charge in [-0.15, -0.1) is 0 Å². The lowest BCUT2D eigenvalue weighted by Gasteiger charge is -2.36. The van der Waals surface area contributed by atoms with Crippen molar-refractivity contribution >= 4 is 81.2 Å². The van der Waals surface area contributed by atoms with Crippen LogP contribution in [0.4, 0.5) is 0 Å². The van der Waals surface area contributed by atoms with E-state index in [0.29, 0.717) is 11.1 Å². The van der Waals surface area contributed by atoms with Crippen LogP contribution < -0.4 is 31.8 Å². The molecular weight excluding hydrogens is 847 g/mol. The molecule has 2 atom stereocenters. The van der Waals surface area contributed by atoms with Crippen LogP contribution in [0.15, 0.2) is 243 Å². The van der Waals surface area contributed by atoms with Crippen LogP contribution in [0.25, 0.3) is 32.7 Å². The molecule has 316 valence electrons. The molecule has 0 unspecified atom stereocenters. The van der Waals surface area contributed by atoms with Crippen molar-refractivity contribution < 1.29 is 19.1 Å². The fraction of sp³-hybridized carbons (Fsp3) is 0.0333. The molecule has 0 fully saturated rings. The Kier molecular flexibility index (Phi) is 11.4. The van der Waals surface area contributed by atoms with Crippen molar-refractivity contribution in [3.8, 4) is 11.1 Å². The van der Waals surface area contributed by atoms with Gasteiger partial charge >= 0.3 is 11.9 Å². The number of fused-ring (bicyclic) bond motifs is 7. The lowest BCUT2D eigenvalue weighted by Crippen LogP contribution is -2.31. The molecule has 1 aliphatic carbocycles. The van der Waals surface area contributed by atoms with Gasteiger partial charge < -0.3 is 9.47 Å². The topological polar surface area (TPSA) is 52.6 Å². The summed E-state index contributed by atoms with van der Waals surface area (Å²) in [7, 11) is -2.30. The molecule has 0 radical (unpaired) electrons. The number of hydrogen-bond acceptors (Lipinski definition) is 4. The SMILES string of the molecule is O=C(O[C@H]1c2ccc3ccccc3c2-c2c(ccc3ccccc23)[C@@H]1OC(=O)c1ccccc1P(c1ccccc1)c1ccccc1)c1ccccc1P(c1ccccc1)c1ccccc1. The van der Waals surface area contributed by atoms with Gasteiger partial charge in [0.15, 0.2) is 12.2 Å². The summed E-state index contributed by atoms with van der Waals surface area (Å²) in [6.07, 6.45) is -2.00. The van der Waals surface area contributed by atoms with E-state index in [1.54, 1.807) is 0 Å². The monoisotopic (exact) mass is 888 g/mol. The number of esters is 2. The minimum Gasteiger partial charge on any atom is -0.449 e. The fourth-order valence-corrected chi connectivity index (χ4v) is 14.3. The van der Waals surface area contributed by atoms with Crippen LogP contribution in [0, 0.1) is 0 Å². The highest BCUT2D eigenvalue weighted by molar-refractivity contribution is 7.80. The van der Waals surface area contributed by atoms with Gasteiger partial charge in [-0.1, -0.05) is 231 Å². The normalized spacial score (nSPS) is 14.2. The first kappa shape index (κ1) is 41.2. The van der Waals surface area contributed by atoms with E-state index in [0.717, 1.165) is 75.6 Å². The number of ether oxygens (including phenoxy) is 2. The zero-order valence-corrected chi connectivity index (χ0v) is 37.6. The minimum absolute atomic E-state index is 0.467. The highest BCUT2D eigenvalue weighted by Crippen LogP contribution is 2.53. The maximum absolute atomic E-state index is 15.3. The molecule has 0 spiro atoms. The van der Waals surface area contributed by atoms with Crippen molar-refractivity contribution in [3.63, 3.8) is 0 Å². The third kappa shape index (κ3) is 7.69. The van der Waals surface area contributed by atoms with E-state index in [-0.39, 0.29) is 0 Å². The van der Waals surface area contributed by atoms with Gasteiger partial charge in [-0.2, -0.15) is 0 Å². The van der Waals surface area contributed by atoms with E-state index in [1.807, 2.05) is 158 Å². The molecule has 10 aromatic carbocycles. The second kappa shape index (κ2) is 18.2. The lowest BCUT2D eigenvalue weighted by atomic mass is 9.77. The summed E-state index contributed by atoms with van der Waals surface area (Å²) in [4.78, 5) is 30.6. The van der Waals surface area contributed by atoms with Crippen molar-refractivity contribution in [1.29, 1.82) is 0 Å². The van der Waals surface area contributed by atoms with Crippen LogP contribution in [0.2, 0.25) is 0 Å². The Bertz CT molecular complexity index is 3070. The predicted molar refractivity (Wildman–Crippen MR) is 273 cm³/mol. The van der Waals surface area contributed by atoms with Crippen LogP contribution in [0.5, 0.6) is 0 Å². The van der Waals surface area contributed by atoms with Gasteiger partial charge in [0.1, 0.15) is 0 Å². The summed E-state index contributed by atoms with van der Waals surface area (Å²) in [6.45, 7) is 0. The molecule has 10 aromatic rings. The summed E-state index contributed by atoms with van der Waals surface area (Å²) in [5.41, 5.74) is 4.42. The Morgan fingerprint density at radius 1 is 0.318 bits per heavy atom. The van der Waals surface area contributed by atoms with Gasteiger partial charge in [0.25, 0.3) is 0 Å². The van der Waals surface area contributed by atoms with E-state index in [1.165, 1.54) is 0 Å². The summed E-state index contributed by atoms with van der Waals surface area (Å²) in [5.74, 6) is -0.979. The van der Waals surface area contributed by atoms with E-state index in [4.69, 9.17) is 9.47 Å². The summed E-state index contributed by atoms with van der Waals surface area (Å²) >= 11 is 0. The van der Waals surface area contributed by atoms with Crippen LogP contribution in [-0.4, -0.2) is 11.9 Å². The van der Waals surface area contributed by atoms with Gasteiger partial charge in [-0.05, 0) is 92.5 Å². The van der Waals surface area contributed by atoms with Crippen LogP contribution in [0.3, 0.4) is 0 Å². The third-order valence-electron chi connectivity index (χ3n) is 12.3. The molecule has 0 N–H and O–H groups in total. The molecule has 0 bridgehead atoms. The number of rotatable bonds is 10. The first-order valence-corrected chi connectivity index (χ1v) is 24.7. The number of carbonyl (C=O) groups is 2. The van der Waals surface area contributed by atoms with Gasteiger partial charge in [-0.25, -0.2) is 9.59 Å². The van der Waals surface area contributed by atoms with E-state index >= 15 is 9.59 Å². The van der Waals surface area contributed by atoms with Crippen LogP contribution in [0.1, 0.15) is 44.1 Å². The Labute approximate surface area is 386 Å². The van der Waals surface area contributed by atoms with Crippen molar-refractivity contribution in [2.75, 3.05) is 0 Å². The van der Waals surface area contributed by atoms with Crippen LogP contribution >= 0.6 is 15.8 Å². The Morgan fingerprint density at radius 3 is 0.985 bits per heavy atom. The Hall–Kier alpha value is -7.48. The van der Waals surface area contributed by atoms with Crippen molar-refractivity contribution in [2.24, 2.45) is 0 Å². The van der Waals surface area contributed by atoms with Crippen molar-refractivity contribution in [1.82, 2.24) is 0 Å². The predicted octanol–water partition coefficient (Wildman–Crippen LogP) is 12.0. The van der Waals surface area contributed by atoms with Gasteiger partial charge in [0.2, 0.25) is 0 Å². The Balaban J connectivity index is 1.08. The maximum Gasteiger partial charge on any atom is 0.339 e. The number of benzene rings is 10. The maximum atomic E-state index is 15.3. The van der Waals surface area contributed by atoms with Crippen molar-refractivity contribution in [2.45, 2.75) is 12.2 Å². The average molecular weight is 889 g/mol. The molecule has 0 saturated heterocycles. The zero-order valence-electron chi connectivity index (χ0n) is 35.8. The molecule has 1 aliphatic rings. The van der Waals surface area contributed by atoms with Crippen LogP contribution in [-0.2, 0) is 9.47 Å². The third-order valence-corrected chi connectivity index (χ3v) is 17.3. The first-order chi connectivity index (χ1) is 32.6. The summed E-state index contributed by atoms with van der Waals surface area (Å²) in [5, 5.41) is 10.4. The molecule has 4 nitrogen and oxygen atoms in total. The number of hydrogen-bond donors (Lipinski definition) is 0. The quantitative estimate of drug-likeness (QED) is 0.101. The molecular formula is C60H42O4P2. The van der Waals surface area contributed by atoms with Gasteiger partial charge in [0.05, 0.1) is 11.1 Å². The zero-order chi connectivity index (χ0) is 44.4. The summed E-state index contributed by atoms with van der Waals surface area (Å²) < 4.78 is 13.9. The largest absolute Gasteiger partial charge is 0.449 e. The molecule has 11 rings (SSSR count). The van der Waals surface area contributed by atoms with E-state index in [9.17, 15) is 0 Å². The van der Waals surface area contributed by atoms with Gasteiger partial charge in [0, 0.05) is 11.1 Å². The van der Waals surface area contributed by atoms with Gasteiger partial charge in [-0.3, -0.25) is 0 Å².